The van der Waals surface area contributed by atoms with Crippen molar-refractivity contribution < 1.29 is 14.7 Å². The second-order valence-electron chi connectivity index (χ2n) is 9.28. The number of hydrogen-bond acceptors (Lipinski definition) is 6. The van der Waals surface area contributed by atoms with Crippen LogP contribution in [0.3, 0.4) is 0 Å². The van der Waals surface area contributed by atoms with Crippen molar-refractivity contribution in [2.45, 2.75) is 33.2 Å². The fourth-order valence-corrected chi connectivity index (χ4v) is 6.55. The lowest BCUT2D eigenvalue weighted by molar-refractivity contribution is -0.129. The summed E-state index contributed by atoms with van der Waals surface area (Å²) in [6.07, 6.45) is 0.692. The van der Waals surface area contributed by atoms with Crippen LogP contribution in [0.25, 0.3) is 16.0 Å². The van der Waals surface area contributed by atoms with Gasteiger partial charge in [-0.1, -0.05) is 66.6 Å². The summed E-state index contributed by atoms with van der Waals surface area (Å²) in [5.41, 5.74) is 3.12. The van der Waals surface area contributed by atoms with Gasteiger partial charge in [0.15, 0.2) is 10.7 Å². The summed E-state index contributed by atoms with van der Waals surface area (Å²) in [5, 5.41) is 11.8. The zero-order valence-electron chi connectivity index (χ0n) is 21.4. The number of aryl methyl sites for hydroxylation is 1. The number of aromatic nitrogens is 2. The van der Waals surface area contributed by atoms with E-state index in [1.54, 1.807) is 23.1 Å². The fourth-order valence-electron chi connectivity index (χ4n) is 5.15. The minimum Gasteiger partial charge on any atom is -0.503 e. The topological polar surface area (TPSA) is 78.2 Å². The van der Waals surface area contributed by atoms with Crippen LogP contribution in [0.5, 0.6) is 0 Å². The normalized spacial score (nSPS) is 16.1. The van der Waals surface area contributed by atoms with Crippen LogP contribution in [0.2, 0.25) is 10.0 Å². The number of thiazole rings is 1. The van der Waals surface area contributed by atoms with E-state index in [9.17, 15) is 14.7 Å². The molecule has 0 fully saturated rings. The second-order valence-corrected chi connectivity index (χ2v) is 11.1. The second kappa shape index (κ2) is 10.7. The molecule has 7 nitrogen and oxygen atoms in total. The first-order valence-electron chi connectivity index (χ1n) is 12.6. The molecule has 1 unspecified atom stereocenters. The molecular weight excluding hydrogens is 543 g/mol. The Kier molecular flexibility index (Phi) is 7.51. The Balaban J connectivity index is 1.56. The number of ketones is 1. The Morgan fingerprint density at radius 2 is 1.87 bits per heavy atom. The lowest BCUT2D eigenvalue weighted by atomic mass is 9.95. The van der Waals surface area contributed by atoms with Gasteiger partial charge in [-0.3, -0.25) is 14.0 Å². The van der Waals surface area contributed by atoms with E-state index in [-0.39, 0.29) is 5.57 Å². The van der Waals surface area contributed by atoms with Crippen molar-refractivity contribution in [1.29, 1.82) is 0 Å². The van der Waals surface area contributed by atoms with Gasteiger partial charge in [-0.05, 0) is 62.8 Å². The Morgan fingerprint density at radius 1 is 1.13 bits per heavy atom. The number of amides is 1. The number of nitrogens with zero attached hydrogens (tertiary/aromatic N) is 4. The number of aliphatic hydroxyl groups is 1. The van der Waals surface area contributed by atoms with Crippen LogP contribution < -0.4 is 0 Å². The predicted octanol–water partition coefficient (Wildman–Crippen LogP) is 6.47. The number of imidazole rings is 1. The third-order valence-corrected chi connectivity index (χ3v) is 9.05. The number of aliphatic hydroxyl groups excluding tert-OH is 1. The Bertz CT molecular complexity index is 1590. The number of fused-ring (bicyclic) bond motifs is 3. The maximum Gasteiger partial charge on any atom is 0.290 e. The largest absolute Gasteiger partial charge is 0.503 e. The van der Waals surface area contributed by atoms with Crippen molar-refractivity contribution in [1.82, 2.24) is 19.2 Å². The highest BCUT2D eigenvalue weighted by atomic mass is 35.5. The molecule has 5 rings (SSSR count). The SMILES string of the molecule is CCN(CC)CCCN1C(=O)C(O)=C(C(=O)c2sc3nc4ccccc4n3c2C)C1c1ccc(Cl)c(Cl)c1. The van der Waals surface area contributed by atoms with Gasteiger partial charge in [0.2, 0.25) is 5.78 Å². The van der Waals surface area contributed by atoms with E-state index >= 15 is 0 Å². The van der Waals surface area contributed by atoms with E-state index in [0.717, 1.165) is 30.7 Å². The molecule has 2 aromatic carbocycles. The minimum atomic E-state index is -0.785. The van der Waals surface area contributed by atoms with Crippen molar-refractivity contribution in [3.63, 3.8) is 0 Å². The van der Waals surface area contributed by atoms with Crippen LogP contribution in [0.1, 0.15) is 47.2 Å². The molecule has 38 heavy (non-hydrogen) atoms. The molecule has 0 radical (unpaired) electrons. The monoisotopic (exact) mass is 570 g/mol. The number of halogens is 2. The summed E-state index contributed by atoms with van der Waals surface area (Å²) in [4.78, 5) is 37.1. The molecule has 1 atom stereocenters. The molecule has 0 spiro atoms. The van der Waals surface area contributed by atoms with Crippen LogP contribution in [0.4, 0.5) is 0 Å². The summed E-state index contributed by atoms with van der Waals surface area (Å²) >= 11 is 13.8. The van der Waals surface area contributed by atoms with Gasteiger partial charge in [0.25, 0.3) is 5.91 Å². The van der Waals surface area contributed by atoms with Gasteiger partial charge in [-0.15, -0.1) is 0 Å². The van der Waals surface area contributed by atoms with Gasteiger partial charge in [0, 0.05) is 12.2 Å². The van der Waals surface area contributed by atoms with Gasteiger partial charge in [0.05, 0.1) is 37.6 Å². The molecule has 0 saturated carbocycles. The van der Waals surface area contributed by atoms with Gasteiger partial charge < -0.3 is 14.9 Å². The average molecular weight is 572 g/mol. The molecule has 198 valence electrons. The van der Waals surface area contributed by atoms with Gasteiger partial charge >= 0.3 is 0 Å². The lowest BCUT2D eigenvalue weighted by Gasteiger charge is -2.28. The van der Waals surface area contributed by atoms with Crippen molar-refractivity contribution >= 4 is 62.2 Å². The molecule has 3 heterocycles. The predicted molar refractivity (Wildman–Crippen MR) is 153 cm³/mol. The smallest absolute Gasteiger partial charge is 0.290 e. The quantitative estimate of drug-likeness (QED) is 0.233. The number of hydrogen-bond donors (Lipinski definition) is 1. The highest BCUT2D eigenvalue weighted by Gasteiger charge is 2.44. The highest BCUT2D eigenvalue weighted by molar-refractivity contribution is 7.19. The number of carbonyl (C=O) groups excluding carboxylic acids is 2. The molecule has 2 aromatic heterocycles. The summed E-state index contributed by atoms with van der Waals surface area (Å²) < 4.78 is 1.94. The van der Waals surface area contributed by atoms with Crippen LogP contribution in [-0.2, 0) is 4.79 Å². The van der Waals surface area contributed by atoms with Crippen LogP contribution in [-0.4, -0.2) is 62.2 Å². The summed E-state index contributed by atoms with van der Waals surface area (Å²) in [6.45, 7) is 9.02. The number of Topliss-reactive ketones (excluding diaryl/α,β-unsaturated/α-hetero) is 1. The van der Waals surface area contributed by atoms with Crippen LogP contribution in [0, 0.1) is 6.92 Å². The third-order valence-electron chi connectivity index (χ3n) is 7.17. The third kappa shape index (κ3) is 4.49. The van der Waals surface area contributed by atoms with Crippen molar-refractivity contribution in [2.75, 3.05) is 26.2 Å². The van der Waals surface area contributed by atoms with E-state index in [2.05, 4.69) is 23.7 Å². The molecular formula is C28H28Cl2N4O3S. The highest BCUT2D eigenvalue weighted by Crippen LogP contribution is 2.42. The van der Waals surface area contributed by atoms with Crippen molar-refractivity contribution in [2.24, 2.45) is 0 Å². The first-order valence-corrected chi connectivity index (χ1v) is 14.2. The fraction of sp³-hybridized carbons (Fsp3) is 0.321. The summed E-state index contributed by atoms with van der Waals surface area (Å²) in [5.74, 6) is -1.48. The first-order chi connectivity index (χ1) is 18.3. The summed E-state index contributed by atoms with van der Waals surface area (Å²) in [7, 11) is 0. The zero-order chi connectivity index (χ0) is 27.1. The summed E-state index contributed by atoms with van der Waals surface area (Å²) in [6, 6.07) is 12.0. The molecule has 0 saturated heterocycles. The zero-order valence-corrected chi connectivity index (χ0v) is 23.7. The molecule has 4 aromatic rings. The number of carbonyl (C=O) groups is 2. The van der Waals surface area contributed by atoms with Crippen LogP contribution >= 0.6 is 34.5 Å². The molecule has 1 aliphatic heterocycles. The van der Waals surface area contributed by atoms with E-state index < -0.39 is 23.5 Å². The number of para-hydroxylation sites is 2. The molecule has 0 aliphatic carbocycles. The molecule has 1 amide bonds. The average Bonchev–Trinajstić information content (AvgIpc) is 3.52. The first kappa shape index (κ1) is 26.7. The van der Waals surface area contributed by atoms with Gasteiger partial charge in [0.1, 0.15) is 0 Å². The standard InChI is InChI=1S/C28H28Cl2N4O3S/c1-4-32(5-2)13-8-14-33-23(17-11-12-18(29)19(30)15-17)22(25(36)27(33)37)24(35)26-16(3)34-21-10-7-6-9-20(21)31-28(34)38-26/h6-7,9-12,15,23,36H,4-5,8,13-14H2,1-3H3. The van der Waals surface area contributed by atoms with E-state index in [1.165, 1.54) is 11.3 Å². The maximum absolute atomic E-state index is 14.1. The molecule has 0 bridgehead atoms. The van der Waals surface area contributed by atoms with E-state index in [4.69, 9.17) is 23.2 Å². The number of benzene rings is 2. The van der Waals surface area contributed by atoms with E-state index in [1.807, 2.05) is 35.6 Å². The van der Waals surface area contributed by atoms with Crippen LogP contribution in [0.15, 0.2) is 53.8 Å². The Hall–Kier alpha value is -2.91. The van der Waals surface area contributed by atoms with Crippen molar-refractivity contribution in [3.8, 4) is 0 Å². The number of rotatable bonds is 9. The Labute approximate surface area is 234 Å². The lowest BCUT2D eigenvalue weighted by Crippen LogP contribution is -2.34. The van der Waals surface area contributed by atoms with Gasteiger partial charge in [-0.25, -0.2) is 4.98 Å². The Morgan fingerprint density at radius 3 is 2.58 bits per heavy atom. The van der Waals surface area contributed by atoms with Crippen molar-refractivity contribution in [3.05, 3.63) is 80.0 Å². The van der Waals surface area contributed by atoms with Gasteiger partial charge in [-0.2, -0.15) is 0 Å². The maximum atomic E-state index is 14.1. The minimum absolute atomic E-state index is 0.0492. The molecule has 10 heteroatoms. The molecule has 1 N–H and O–H groups in total. The van der Waals surface area contributed by atoms with E-state index in [0.29, 0.717) is 44.1 Å². The molecule has 1 aliphatic rings.